The first-order valence-corrected chi connectivity index (χ1v) is 10.4. The number of aryl methyl sites for hydroxylation is 1. The number of fused-ring (bicyclic) bond motifs is 2. The second kappa shape index (κ2) is 7.36. The maximum absolute atomic E-state index is 12.8. The Hall–Kier alpha value is -2.73. The van der Waals surface area contributed by atoms with E-state index in [1.54, 1.807) is 24.3 Å². The molecule has 0 unspecified atom stereocenters. The van der Waals surface area contributed by atoms with Crippen LogP contribution in [0.15, 0.2) is 30.3 Å². The number of hydrogen-bond donors (Lipinski definition) is 2. The van der Waals surface area contributed by atoms with Crippen LogP contribution in [0.25, 0.3) is 10.2 Å². The smallest absolute Gasteiger partial charge is 0.267 e. The summed E-state index contributed by atoms with van der Waals surface area (Å²) in [5.74, 6) is 0.444. The van der Waals surface area contributed by atoms with E-state index < -0.39 is 0 Å². The lowest BCUT2D eigenvalue weighted by Gasteiger charge is -2.22. The molecule has 4 rings (SSSR count). The van der Waals surface area contributed by atoms with Crippen LogP contribution in [0.5, 0.6) is 0 Å². The Morgan fingerprint density at radius 2 is 2.04 bits per heavy atom. The number of hydrogen-bond acceptors (Lipinski definition) is 5. The van der Waals surface area contributed by atoms with Crippen molar-refractivity contribution in [3.8, 4) is 0 Å². The number of carbonyl (C=O) groups is 2. The third-order valence-corrected chi connectivity index (χ3v) is 6.63. The molecule has 0 saturated heterocycles. The maximum atomic E-state index is 12.8. The molecule has 6 heteroatoms. The molecule has 28 heavy (non-hydrogen) atoms. The fraction of sp³-hybridized carbons (Fsp3) is 0.318. The van der Waals surface area contributed by atoms with E-state index in [1.165, 1.54) is 36.7 Å². The molecule has 2 heterocycles. The Labute approximate surface area is 168 Å². The van der Waals surface area contributed by atoms with Gasteiger partial charge in [-0.3, -0.25) is 9.59 Å². The number of pyridine rings is 1. The monoisotopic (exact) mass is 393 g/mol. The number of Topliss-reactive ketones (excluding diaryl/α,β-unsaturated/α-hetero) is 1. The highest BCUT2D eigenvalue weighted by Gasteiger charge is 2.23. The first-order valence-electron chi connectivity index (χ1n) is 9.59. The highest BCUT2D eigenvalue weighted by Crippen LogP contribution is 2.37. The third kappa shape index (κ3) is 3.40. The van der Waals surface area contributed by atoms with Crippen molar-refractivity contribution in [3.05, 3.63) is 52.0 Å². The minimum absolute atomic E-state index is 0.00743. The number of benzene rings is 1. The number of nitrogen functional groups attached to an aromatic ring is 1. The molecule has 0 radical (unpaired) electrons. The summed E-state index contributed by atoms with van der Waals surface area (Å²) in [6, 6.07) is 8.97. The van der Waals surface area contributed by atoms with Gasteiger partial charge in [-0.05, 0) is 68.0 Å². The van der Waals surface area contributed by atoms with Crippen LogP contribution in [0.3, 0.4) is 0 Å². The number of rotatable bonds is 4. The van der Waals surface area contributed by atoms with Gasteiger partial charge in [-0.2, -0.15) is 0 Å². The lowest BCUT2D eigenvalue weighted by Crippen LogP contribution is -2.14. The van der Waals surface area contributed by atoms with Gasteiger partial charge in [0.05, 0.1) is 5.69 Å². The van der Waals surface area contributed by atoms with Gasteiger partial charge >= 0.3 is 0 Å². The minimum atomic E-state index is -0.250. The number of nitrogens with two attached hydrogens (primary N) is 1. The number of carbonyl (C=O) groups excluding carboxylic acids is 2. The summed E-state index contributed by atoms with van der Waals surface area (Å²) in [7, 11) is 0. The zero-order valence-electron chi connectivity index (χ0n) is 16.0. The van der Waals surface area contributed by atoms with E-state index >= 15 is 0 Å². The second-order valence-corrected chi connectivity index (χ2v) is 8.40. The zero-order chi connectivity index (χ0) is 19.8. The van der Waals surface area contributed by atoms with Gasteiger partial charge in [0.25, 0.3) is 5.91 Å². The van der Waals surface area contributed by atoms with Crippen molar-refractivity contribution < 1.29 is 9.59 Å². The lowest BCUT2D eigenvalue weighted by molar-refractivity contribution is 0.101. The highest BCUT2D eigenvalue weighted by molar-refractivity contribution is 7.21. The Morgan fingerprint density at radius 3 is 2.71 bits per heavy atom. The predicted molar refractivity (Wildman–Crippen MR) is 114 cm³/mol. The molecule has 1 aromatic carbocycles. The van der Waals surface area contributed by atoms with Crippen molar-refractivity contribution in [2.24, 2.45) is 5.92 Å². The molecule has 0 spiro atoms. The molecule has 0 saturated carbocycles. The van der Waals surface area contributed by atoms with Gasteiger partial charge in [0.15, 0.2) is 5.78 Å². The van der Waals surface area contributed by atoms with E-state index in [9.17, 15) is 9.59 Å². The predicted octanol–water partition coefficient (Wildman–Crippen LogP) is 4.85. The van der Waals surface area contributed by atoms with Crippen molar-refractivity contribution >= 4 is 44.6 Å². The molecule has 1 amide bonds. The molecule has 1 aliphatic rings. The molecule has 1 aliphatic carbocycles. The third-order valence-electron chi connectivity index (χ3n) is 5.52. The van der Waals surface area contributed by atoms with E-state index in [0.29, 0.717) is 27.7 Å². The summed E-state index contributed by atoms with van der Waals surface area (Å²) < 4.78 is 0. The number of nitrogens with one attached hydrogen (secondary N) is 1. The molecule has 0 fully saturated rings. The average Bonchev–Trinajstić information content (AvgIpc) is 3.02. The van der Waals surface area contributed by atoms with Crippen LogP contribution < -0.4 is 11.1 Å². The van der Waals surface area contributed by atoms with Gasteiger partial charge in [-0.1, -0.05) is 13.3 Å². The summed E-state index contributed by atoms with van der Waals surface area (Å²) in [5.41, 5.74) is 10.5. The summed E-state index contributed by atoms with van der Waals surface area (Å²) in [6.45, 7) is 3.74. The van der Waals surface area contributed by atoms with E-state index in [2.05, 4.69) is 18.3 Å². The van der Waals surface area contributed by atoms with E-state index in [1.807, 2.05) is 0 Å². The van der Waals surface area contributed by atoms with Gasteiger partial charge in [-0.15, -0.1) is 11.3 Å². The largest absolute Gasteiger partial charge is 0.397 e. The van der Waals surface area contributed by atoms with Crippen LogP contribution in [-0.4, -0.2) is 16.7 Å². The van der Waals surface area contributed by atoms with Gasteiger partial charge in [0.1, 0.15) is 9.71 Å². The van der Waals surface area contributed by atoms with Gasteiger partial charge in [0.2, 0.25) is 0 Å². The number of thiophene rings is 1. The molecular weight excluding hydrogens is 370 g/mol. The molecule has 1 atom stereocenters. The standard InChI is InChI=1S/C22H23N3O2S/c1-3-13-4-9-18-15(10-13)11-17-19(23)20(28-22(17)25-18)21(27)24-16-7-5-14(6-8-16)12(2)26/h5-8,11,13H,3-4,9-10,23H2,1-2H3,(H,24,27)/t13-/m0/s1. The summed E-state index contributed by atoms with van der Waals surface area (Å²) in [6.07, 6.45) is 4.37. The van der Waals surface area contributed by atoms with E-state index in [-0.39, 0.29) is 11.7 Å². The van der Waals surface area contributed by atoms with Crippen molar-refractivity contribution in [3.63, 3.8) is 0 Å². The normalized spacial score (nSPS) is 16.0. The molecule has 144 valence electrons. The summed E-state index contributed by atoms with van der Waals surface area (Å²) in [5, 5.41) is 3.74. The Morgan fingerprint density at radius 1 is 1.29 bits per heavy atom. The number of aromatic nitrogens is 1. The van der Waals surface area contributed by atoms with E-state index in [0.717, 1.165) is 28.8 Å². The van der Waals surface area contributed by atoms with Gasteiger partial charge in [-0.25, -0.2) is 4.98 Å². The first-order chi connectivity index (χ1) is 13.5. The Balaban J connectivity index is 1.62. The second-order valence-electron chi connectivity index (χ2n) is 7.40. The maximum Gasteiger partial charge on any atom is 0.267 e. The van der Waals surface area contributed by atoms with Crippen LogP contribution in [0, 0.1) is 5.92 Å². The fourth-order valence-corrected chi connectivity index (χ4v) is 4.75. The summed E-state index contributed by atoms with van der Waals surface area (Å²) in [4.78, 5) is 30.3. The molecule has 0 aliphatic heterocycles. The van der Waals surface area contributed by atoms with Crippen molar-refractivity contribution in [2.45, 2.75) is 39.5 Å². The molecular formula is C22H23N3O2S. The van der Waals surface area contributed by atoms with Gasteiger partial charge < -0.3 is 11.1 Å². The Bertz CT molecular complexity index is 1070. The van der Waals surface area contributed by atoms with Gasteiger partial charge in [0, 0.05) is 22.3 Å². The van der Waals surface area contributed by atoms with Crippen molar-refractivity contribution in [1.29, 1.82) is 0 Å². The van der Waals surface area contributed by atoms with Crippen molar-refractivity contribution in [2.75, 3.05) is 11.1 Å². The van der Waals surface area contributed by atoms with Crippen LogP contribution >= 0.6 is 11.3 Å². The van der Waals surface area contributed by atoms with Crippen LogP contribution in [0.4, 0.5) is 11.4 Å². The van der Waals surface area contributed by atoms with Crippen molar-refractivity contribution in [1.82, 2.24) is 4.98 Å². The Kier molecular flexibility index (Phi) is 4.89. The lowest BCUT2D eigenvalue weighted by atomic mass is 9.85. The van der Waals surface area contributed by atoms with Crippen LogP contribution in [-0.2, 0) is 12.8 Å². The number of anilines is 2. The number of ketones is 1. The molecule has 3 N–H and O–H groups in total. The SMILES string of the molecule is CC[C@H]1CCc2nc3sc(C(=O)Nc4ccc(C(C)=O)cc4)c(N)c3cc2C1. The van der Waals surface area contributed by atoms with Crippen LogP contribution in [0.2, 0.25) is 0 Å². The van der Waals surface area contributed by atoms with E-state index in [4.69, 9.17) is 10.7 Å². The average molecular weight is 394 g/mol. The zero-order valence-corrected chi connectivity index (χ0v) is 16.9. The molecule has 2 aromatic heterocycles. The highest BCUT2D eigenvalue weighted by atomic mass is 32.1. The fourth-order valence-electron chi connectivity index (χ4n) is 3.76. The summed E-state index contributed by atoms with van der Waals surface area (Å²) >= 11 is 1.34. The molecule has 0 bridgehead atoms. The number of amides is 1. The molecule has 3 aromatic rings. The quantitative estimate of drug-likeness (QED) is 0.621. The number of nitrogens with zero attached hydrogens (tertiary/aromatic N) is 1. The first kappa shape index (κ1) is 18.6. The topological polar surface area (TPSA) is 85.1 Å². The van der Waals surface area contributed by atoms with Crippen LogP contribution in [0.1, 0.15) is 58.0 Å². The molecule has 5 nitrogen and oxygen atoms in total. The minimum Gasteiger partial charge on any atom is -0.397 e.